The number of rotatable bonds is 5. The lowest BCUT2D eigenvalue weighted by molar-refractivity contribution is -0.380. The Morgan fingerprint density at radius 1 is 0.562 bits per heavy atom. The molecule has 3 saturated heterocycles. The van der Waals surface area contributed by atoms with Crippen molar-refractivity contribution in [3.05, 3.63) is 0 Å². The second-order valence-corrected chi connectivity index (χ2v) is 8.30. The molecule has 3 aliphatic heterocycles. The summed E-state index contributed by atoms with van der Waals surface area (Å²) in [4.78, 5) is 0. The van der Waals surface area contributed by atoms with Crippen LogP contribution in [0.1, 0.15) is 13.8 Å². The predicted octanol–water partition coefficient (Wildman–Crippen LogP) is -5.52. The smallest absolute Gasteiger partial charge is 0.187 e. The highest BCUT2D eigenvalue weighted by Gasteiger charge is 2.52. The maximum atomic E-state index is 10.8. The summed E-state index contributed by atoms with van der Waals surface area (Å²) < 4.78 is 26.8. The van der Waals surface area contributed by atoms with Gasteiger partial charge in [-0.2, -0.15) is 0 Å². The van der Waals surface area contributed by atoms with Crippen LogP contribution in [0.5, 0.6) is 0 Å². The molecule has 3 aliphatic rings. The molecular formula is C18H32O14. The Balaban J connectivity index is 1.74. The second kappa shape index (κ2) is 10.4. The Morgan fingerprint density at radius 2 is 1.00 bits per heavy atom. The van der Waals surface area contributed by atoms with Gasteiger partial charge in [0.15, 0.2) is 18.9 Å². The molecule has 15 atom stereocenters. The normalized spacial score (nSPS) is 55.0. The van der Waals surface area contributed by atoms with Crippen molar-refractivity contribution in [2.24, 2.45) is 0 Å². The summed E-state index contributed by atoms with van der Waals surface area (Å²) in [6.07, 6.45) is -22.4. The Labute approximate surface area is 183 Å². The van der Waals surface area contributed by atoms with Gasteiger partial charge >= 0.3 is 0 Å². The van der Waals surface area contributed by atoms with Crippen LogP contribution in [0.3, 0.4) is 0 Å². The fourth-order valence-corrected chi connectivity index (χ4v) is 3.93. The van der Waals surface area contributed by atoms with Gasteiger partial charge in [0.1, 0.15) is 61.0 Å². The van der Waals surface area contributed by atoms with Crippen molar-refractivity contribution in [1.82, 2.24) is 0 Å². The molecule has 0 spiro atoms. The molecule has 0 aromatic carbocycles. The summed E-state index contributed by atoms with van der Waals surface area (Å²) in [6.45, 7) is 2.11. The van der Waals surface area contributed by atoms with Gasteiger partial charge in [0.05, 0.1) is 18.8 Å². The standard InChI is InChI=1S/C18H32O14/c1-4-7(20)9(22)11(24)17(28-4)31-14-6(3-19)30-16(27)15(13(14)26)32-18-12(25)10(23)8(21)5(2)29-18/h4-27H,3H2,1-2H3/t4?,5?,6?,7-,8-,9?,10?,11?,12?,13?,14+,15?,16+,17-,18-/m0/s1. The Bertz CT molecular complexity index is 610. The number of hydrogen-bond donors (Lipinski definition) is 9. The fourth-order valence-electron chi connectivity index (χ4n) is 3.93. The molecule has 0 aliphatic carbocycles. The third kappa shape index (κ3) is 4.94. The molecule has 3 heterocycles. The monoisotopic (exact) mass is 472 g/mol. The van der Waals surface area contributed by atoms with E-state index >= 15 is 0 Å². The molecule has 0 aromatic heterocycles. The number of aliphatic hydroxyl groups excluding tert-OH is 9. The average molecular weight is 472 g/mol. The molecule has 9 unspecified atom stereocenters. The van der Waals surface area contributed by atoms with Crippen molar-refractivity contribution < 1.29 is 69.6 Å². The first kappa shape index (κ1) is 26.1. The summed E-state index contributed by atoms with van der Waals surface area (Å²) >= 11 is 0. The van der Waals surface area contributed by atoms with Crippen molar-refractivity contribution in [3.63, 3.8) is 0 Å². The van der Waals surface area contributed by atoms with E-state index in [0.717, 1.165) is 0 Å². The van der Waals surface area contributed by atoms with Crippen molar-refractivity contribution in [2.45, 2.75) is 106 Å². The SMILES string of the molecule is CC1O[C@@H](OC2C(O)[C@H](O[C@@H]3OC(C)[C@H](O)C(O)C3O)C(CO)O[C@H]2O)C(O)C(O)[C@H]1O. The van der Waals surface area contributed by atoms with Gasteiger partial charge in [-0.3, -0.25) is 0 Å². The highest BCUT2D eigenvalue weighted by molar-refractivity contribution is 4.95. The third-order valence-electron chi connectivity index (χ3n) is 6.01. The lowest BCUT2D eigenvalue weighted by Gasteiger charge is -2.47. The molecule has 32 heavy (non-hydrogen) atoms. The van der Waals surface area contributed by atoms with E-state index < -0.39 is 98.7 Å². The highest BCUT2D eigenvalue weighted by atomic mass is 16.7. The van der Waals surface area contributed by atoms with Gasteiger partial charge in [0.2, 0.25) is 0 Å². The van der Waals surface area contributed by atoms with E-state index in [1.165, 1.54) is 13.8 Å². The van der Waals surface area contributed by atoms with E-state index in [-0.39, 0.29) is 0 Å². The third-order valence-corrected chi connectivity index (χ3v) is 6.01. The van der Waals surface area contributed by atoms with Crippen LogP contribution in [0.15, 0.2) is 0 Å². The minimum absolute atomic E-state index is 0.723. The van der Waals surface area contributed by atoms with Crippen LogP contribution < -0.4 is 0 Å². The number of hydrogen-bond acceptors (Lipinski definition) is 14. The zero-order valence-electron chi connectivity index (χ0n) is 17.4. The minimum Gasteiger partial charge on any atom is -0.394 e. The Kier molecular flexibility index (Phi) is 8.44. The van der Waals surface area contributed by atoms with Gasteiger partial charge < -0.3 is 69.6 Å². The van der Waals surface area contributed by atoms with Crippen molar-refractivity contribution in [2.75, 3.05) is 6.61 Å². The van der Waals surface area contributed by atoms with Crippen LogP contribution in [-0.2, 0) is 23.7 Å². The quantitative estimate of drug-likeness (QED) is 0.182. The largest absolute Gasteiger partial charge is 0.394 e. The van der Waals surface area contributed by atoms with E-state index in [1.54, 1.807) is 0 Å². The van der Waals surface area contributed by atoms with Crippen LogP contribution in [0.25, 0.3) is 0 Å². The lowest BCUT2D eigenvalue weighted by atomic mass is 9.96. The fraction of sp³-hybridized carbons (Fsp3) is 1.00. The molecule has 0 radical (unpaired) electrons. The molecule has 0 saturated carbocycles. The minimum atomic E-state index is -1.82. The lowest BCUT2D eigenvalue weighted by Crippen LogP contribution is -2.66. The molecule has 14 nitrogen and oxygen atoms in total. The van der Waals surface area contributed by atoms with Gasteiger partial charge in [-0.1, -0.05) is 0 Å². The van der Waals surface area contributed by atoms with Gasteiger partial charge in [-0.25, -0.2) is 0 Å². The summed E-state index contributed by atoms with van der Waals surface area (Å²) in [7, 11) is 0. The molecule has 0 bridgehead atoms. The van der Waals surface area contributed by atoms with E-state index in [0.29, 0.717) is 0 Å². The summed E-state index contributed by atoms with van der Waals surface area (Å²) in [5.74, 6) is 0. The van der Waals surface area contributed by atoms with Crippen LogP contribution >= 0.6 is 0 Å². The summed E-state index contributed by atoms with van der Waals surface area (Å²) in [5.41, 5.74) is 0. The average Bonchev–Trinajstić information content (AvgIpc) is 2.76. The van der Waals surface area contributed by atoms with Crippen molar-refractivity contribution in [1.29, 1.82) is 0 Å². The second-order valence-electron chi connectivity index (χ2n) is 8.30. The van der Waals surface area contributed by atoms with Crippen LogP contribution in [-0.4, -0.2) is 145 Å². The summed E-state index contributed by atoms with van der Waals surface area (Å²) in [6, 6.07) is 0. The molecule has 14 heteroatoms. The maximum Gasteiger partial charge on any atom is 0.187 e. The first-order valence-corrected chi connectivity index (χ1v) is 10.3. The maximum absolute atomic E-state index is 10.8. The zero-order valence-corrected chi connectivity index (χ0v) is 17.4. The van der Waals surface area contributed by atoms with E-state index in [2.05, 4.69) is 0 Å². The first-order valence-electron chi connectivity index (χ1n) is 10.3. The molecule has 0 amide bonds. The first-order chi connectivity index (χ1) is 15.0. The molecule has 3 fully saturated rings. The van der Waals surface area contributed by atoms with E-state index in [4.69, 9.17) is 23.7 Å². The van der Waals surface area contributed by atoms with Crippen molar-refractivity contribution >= 4 is 0 Å². The zero-order chi connectivity index (χ0) is 23.9. The predicted molar refractivity (Wildman–Crippen MR) is 98.4 cm³/mol. The molecule has 9 N–H and O–H groups in total. The molecule has 3 rings (SSSR count). The van der Waals surface area contributed by atoms with Gasteiger partial charge in [0.25, 0.3) is 0 Å². The van der Waals surface area contributed by atoms with Gasteiger partial charge in [-0.15, -0.1) is 0 Å². The van der Waals surface area contributed by atoms with E-state index in [1.807, 2.05) is 0 Å². The Morgan fingerprint density at radius 3 is 1.44 bits per heavy atom. The molecule has 188 valence electrons. The van der Waals surface area contributed by atoms with Gasteiger partial charge in [0, 0.05) is 0 Å². The van der Waals surface area contributed by atoms with Crippen LogP contribution in [0, 0.1) is 0 Å². The molecule has 0 aromatic rings. The van der Waals surface area contributed by atoms with E-state index in [9.17, 15) is 46.0 Å². The number of ether oxygens (including phenoxy) is 5. The molecular weight excluding hydrogens is 440 g/mol. The van der Waals surface area contributed by atoms with Crippen molar-refractivity contribution in [3.8, 4) is 0 Å². The van der Waals surface area contributed by atoms with Crippen LogP contribution in [0.4, 0.5) is 0 Å². The van der Waals surface area contributed by atoms with Gasteiger partial charge in [-0.05, 0) is 13.8 Å². The highest BCUT2D eigenvalue weighted by Crippen LogP contribution is 2.32. The number of aliphatic hydroxyl groups is 9. The van der Waals surface area contributed by atoms with Crippen LogP contribution in [0.2, 0.25) is 0 Å². The summed E-state index contributed by atoms with van der Waals surface area (Å²) in [5, 5.41) is 90.4. The topological polar surface area (TPSA) is 228 Å². The Hall–Kier alpha value is -0.560.